The molecule has 0 amide bonds. The number of hydrogen-bond donors (Lipinski definition) is 2. The second-order valence-electron chi connectivity index (χ2n) is 6.31. The number of aromatic nitrogens is 1. The average Bonchev–Trinajstić information content (AvgIpc) is 2.98. The summed E-state index contributed by atoms with van der Waals surface area (Å²) in [7, 11) is 1.80. The van der Waals surface area contributed by atoms with Crippen LogP contribution in [0.15, 0.2) is 29.3 Å². The lowest BCUT2D eigenvalue weighted by molar-refractivity contribution is 0.296. The Morgan fingerprint density at radius 2 is 1.78 bits per heavy atom. The van der Waals surface area contributed by atoms with Crippen molar-refractivity contribution in [3.05, 3.63) is 51.0 Å². The van der Waals surface area contributed by atoms with Gasteiger partial charge in [0.25, 0.3) is 0 Å². The number of hydrogen-bond acceptors (Lipinski definition) is 4. The second kappa shape index (κ2) is 12.3. The van der Waals surface area contributed by atoms with E-state index in [0.717, 1.165) is 42.8 Å². The predicted molar refractivity (Wildman–Crippen MR) is 127 cm³/mol. The summed E-state index contributed by atoms with van der Waals surface area (Å²) in [5.74, 6) is 0.796. The molecule has 0 fully saturated rings. The number of thiazole rings is 1. The van der Waals surface area contributed by atoms with Crippen LogP contribution in [0.2, 0.25) is 0 Å². The Morgan fingerprint density at radius 3 is 2.37 bits per heavy atom. The van der Waals surface area contributed by atoms with Gasteiger partial charge < -0.3 is 10.6 Å². The Morgan fingerprint density at radius 1 is 1.11 bits per heavy atom. The standard InChI is InChI=1S/C20H31N5S.HI/c1-6-25(7-2)14-18-10-8-9-17(11-18)12-22-20(21-5)23-13-19-24-15(3)16(4)26-19;/h8-11H,6-7,12-14H2,1-5H3,(H2,21,22,23);1H. The van der Waals surface area contributed by atoms with E-state index in [2.05, 4.69) is 70.5 Å². The van der Waals surface area contributed by atoms with E-state index in [9.17, 15) is 0 Å². The fourth-order valence-electron chi connectivity index (χ4n) is 2.72. The molecular formula is C20H32IN5S. The molecule has 0 spiro atoms. The van der Waals surface area contributed by atoms with Crippen molar-refractivity contribution in [1.82, 2.24) is 20.5 Å². The van der Waals surface area contributed by atoms with E-state index >= 15 is 0 Å². The normalized spacial score (nSPS) is 11.4. The molecule has 0 atom stereocenters. The van der Waals surface area contributed by atoms with Crippen molar-refractivity contribution >= 4 is 41.3 Å². The second-order valence-corrected chi connectivity index (χ2v) is 7.60. The molecular weight excluding hydrogens is 469 g/mol. The molecule has 5 nitrogen and oxygen atoms in total. The van der Waals surface area contributed by atoms with E-state index in [1.54, 1.807) is 18.4 Å². The number of nitrogens with zero attached hydrogens (tertiary/aromatic N) is 3. The third-order valence-corrected chi connectivity index (χ3v) is 5.53. The van der Waals surface area contributed by atoms with Gasteiger partial charge in [0.2, 0.25) is 0 Å². The van der Waals surface area contributed by atoms with Crippen LogP contribution in [0.4, 0.5) is 0 Å². The van der Waals surface area contributed by atoms with Crippen LogP contribution in [0.5, 0.6) is 0 Å². The minimum atomic E-state index is 0. The molecule has 27 heavy (non-hydrogen) atoms. The van der Waals surface area contributed by atoms with Gasteiger partial charge in [0.05, 0.1) is 12.2 Å². The molecule has 0 saturated carbocycles. The summed E-state index contributed by atoms with van der Waals surface area (Å²) in [6.07, 6.45) is 0. The molecule has 1 aromatic heterocycles. The number of nitrogens with one attached hydrogen (secondary N) is 2. The monoisotopic (exact) mass is 501 g/mol. The molecule has 0 radical (unpaired) electrons. The minimum Gasteiger partial charge on any atom is -0.352 e. The average molecular weight is 501 g/mol. The summed E-state index contributed by atoms with van der Waals surface area (Å²) < 4.78 is 0. The summed E-state index contributed by atoms with van der Waals surface area (Å²) in [4.78, 5) is 12.6. The third-order valence-electron chi connectivity index (χ3n) is 4.46. The largest absolute Gasteiger partial charge is 0.352 e. The summed E-state index contributed by atoms with van der Waals surface area (Å²) in [6.45, 7) is 13.2. The van der Waals surface area contributed by atoms with Crippen molar-refractivity contribution in [3.63, 3.8) is 0 Å². The van der Waals surface area contributed by atoms with E-state index in [1.165, 1.54) is 16.0 Å². The van der Waals surface area contributed by atoms with Crippen molar-refractivity contribution in [2.24, 2.45) is 4.99 Å². The van der Waals surface area contributed by atoms with Gasteiger partial charge in [-0.2, -0.15) is 0 Å². The molecule has 0 unspecified atom stereocenters. The SMILES string of the molecule is CCN(CC)Cc1cccc(CNC(=NC)NCc2nc(C)c(C)s2)c1.I. The molecule has 1 aromatic carbocycles. The van der Waals surface area contributed by atoms with Gasteiger partial charge in [-0.1, -0.05) is 38.1 Å². The highest BCUT2D eigenvalue weighted by molar-refractivity contribution is 14.0. The highest BCUT2D eigenvalue weighted by atomic mass is 127. The van der Waals surface area contributed by atoms with Gasteiger partial charge in [0.15, 0.2) is 5.96 Å². The smallest absolute Gasteiger partial charge is 0.191 e. The van der Waals surface area contributed by atoms with Crippen LogP contribution in [-0.4, -0.2) is 36.0 Å². The predicted octanol–water partition coefficient (Wildman–Crippen LogP) is 4.08. The van der Waals surface area contributed by atoms with Gasteiger partial charge in [-0.05, 0) is 38.1 Å². The van der Waals surface area contributed by atoms with Crippen molar-refractivity contribution in [2.75, 3.05) is 20.1 Å². The summed E-state index contributed by atoms with van der Waals surface area (Å²) in [6, 6.07) is 8.75. The first-order valence-corrected chi connectivity index (χ1v) is 10.0. The highest BCUT2D eigenvalue weighted by Crippen LogP contribution is 2.15. The minimum absolute atomic E-state index is 0. The number of aryl methyl sites for hydroxylation is 2. The lowest BCUT2D eigenvalue weighted by atomic mass is 10.1. The first-order valence-electron chi connectivity index (χ1n) is 9.23. The Bertz CT molecular complexity index is 705. The molecule has 1 heterocycles. The molecule has 0 aliphatic heterocycles. The maximum absolute atomic E-state index is 4.56. The van der Waals surface area contributed by atoms with Crippen molar-refractivity contribution in [3.8, 4) is 0 Å². The van der Waals surface area contributed by atoms with Gasteiger partial charge in [-0.3, -0.25) is 9.89 Å². The molecule has 150 valence electrons. The van der Waals surface area contributed by atoms with E-state index in [0.29, 0.717) is 6.54 Å². The van der Waals surface area contributed by atoms with Crippen molar-refractivity contribution in [2.45, 2.75) is 47.3 Å². The lowest BCUT2D eigenvalue weighted by Crippen LogP contribution is -2.36. The van der Waals surface area contributed by atoms with E-state index in [-0.39, 0.29) is 24.0 Å². The van der Waals surface area contributed by atoms with Crippen LogP contribution in [0.1, 0.15) is 40.6 Å². The first kappa shape index (κ1) is 23.8. The molecule has 7 heteroatoms. The maximum atomic E-state index is 4.56. The highest BCUT2D eigenvalue weighted by Gasteiger charge is 2.06. The van der Waals surface area contributed by atoms with E-state index in [4.69, 9.17) is 0 Å². The Labute approximate surface area is 184 Å². The van der Waals surface area contributed by atoms with Gasteiger partial charge >= 0.3 is 0 Å². The van der Waals surface area contributed by atoms with Crippen LogP contribution in [0, 0.1) is 13.8 Å². The molecule has 0 bridgehead atoms. The zero-order valence-corrected chi connectivity index (χ0v) is 20.1. The zero-order valence-electron chi connectivity index (χ0n) is 17.0. The molecule has 2 N–H and O–H groups in total. The number of guanidine groups is 1. The summed E-state index contributed by atoms with van der Waals surface area (Å²) in [5.41, 5.74) is 3.72. The van der Waals surface area contributed by atoms with Gasteiger partial charge in [0.1, 0.15) is 5.01 Å². The maximum Gasteiger partial charge on any atom is 0.191 e. The fourth-order valence-corrected chi connectivity index (χ4v) is 3.60. The fraction of sp³-hybridized carbons (Fsp3) is 0.500. The number of aliphatic imine (C=N–C) groups is 1. The van der Waals surface area contributed by atoms with Crippen LogP contribution >= 0.6 is 35.3 Å². The molecule has 0 aliphatic rings. The number of halogens is 1. The van der Waals surface area contributed by atoms with Crippen LogP contribution < -0.4 is 10.6 Å². The first-order chi connectivity index (χ1) is 12.5. The topological polar surface area (TPSA) is 52.5 Å². The third kappa shape index (κ3) is 7.75. The Balaban J connectivity index is 0.00000364. The lowest BCUT2D eigenvalue weighted by Gasteiger charge is -2.18. The molecule has 2 rings (SSSR count). The zero-order chi connectivity index (χ0) is 18.9. The van der Waals surface area contributed by atoms with Crippen LogP contribution in [-0.2, 0) is 19.6 Å². The number of rotatable bonds is 8. The molecule has 2 aromatic rings. The summed E-state index contributed by atoms with van der Waals surface area (Å²) in [5, 5.41) is 7.82. The van der Waals surface area contributed by atoms with E-state index in [1.807, 2.05) is 6.92 Å². The van der Waals surface area contributed by atoms with Gasteiger partial charge in [0, 0.05) is 25.0 Å². The van der Waals surface area contributed by atoms with Crippen molar-refractivity contribution < 1.29 is 0 Å². The Kier molecular flexibility index (Phi) is 10.9. The Hall–Kier alpha value is -1.19. The van der Waals surface area contributed by atoms with Crippen molar-refractivity contribution in [1.29, 1.82) is 0 Å². The quantitative estimate of drug-likeness (QED) is 0.325. The van der Waals surface area contributed by atoms with Crippen LogP contribution in [0.3, 0.4) is 0 Å². The van der Waals surface area contributed by atoms with Gasteiger partial charge in [-0.25, -0.2) is 4.98 Å². The van der Waals surface area contributed by atoms with Gasteiger partial charge in [-0.15, -0.1) is 35.3 Å². The van der Waals surface area contributed by atoms with Crippen LogP contribution in [0.25, 0.3) is 0 Å². The number of benzene rings is 1. The van der Waals surface area contributed by atoms with E-state index < -0.39 is 0 Å². The molecule has 0 aliphatic carbocycles. The molecule has 0 saturated heterocycles. The summed E-state index contributed by atoms with van der Waals surface area (Å²) >= 11 is 1.73.